The van der Waals surface area contributed by atoms with Crippen LogP contribution in [-0.4, -0.2) is 39.6 Å². The highest BCUT2D eigenvalue weighted by Gasteiger charge is 2.48. The zero-order valence-corrected chi connectivity index (χ0v) is 28.9. The number of phenols is 1. The molecule has 11 nitrogen and oxygen atoms in total. The van der Waals surface area contributed by atoms with Gasteiger partial charge in [0.1, 0.15) is 22.6 Å². The van der Waals surface area contributed by atoms with Gasteiger partial charge in [0, 0.05) is 23.7 Å². The van der Waals surface area contributed by atoms with Gasteiger partial charge >= 0.3 is 11.3 Å². The molecule has 4 N–H and O–H groups in total. The fourth-order valence-electron chi connectivity index (χ4n) is 6.21. The summed E-state index contributed by atoms with van der Waals surface area (Å²) in [5.41, 5.74) is 4.53. The maximum Gasteiger partial charge on any atom is 0.316 e. The van der Waals surface area contributed by atoms with Gasteiger partial charge < -0.3 is 24.3 Å². The summed E-state index contributed by atoms with van der Waals surface area (Å²) in [4.78, 5) is 36.7. The first-order valence-electron chi connectivity index (χ1n) is 16.0. The van der Waals surface area contributed by atoms with E-state index in [0.717, 1.165) is 22.4 Å². The zero-order valence-electron chi connectivity index (χ0n) is 28.1. The lowest BCUT2D eigenvalue weighted by Gasteiger charge is -2.25. The number of hydrogen-bond donors (Lipinski definition) is 4. The Balaban J connectivity index is 1.25. The number of aliphatic imine (C=N–C) groups is 2. The van der Waals surface area contributed by atoms with E-state index in [4.69, 9.17) is 13.6 Å². The lowest BCUT2D eigenvalue weighted by molar-refractivity contribution is -0.119. The number of aryl methyl sites for hydroxylation is 2. The minimum absolute atomic E-state index is 0.0345. The molecule has 256 valence electrons. The number of furan rings is 1. The third-order valence-electron chi connectivity index (χ3n) is 8.96. The third kappa shape index (κ3) is 6.10. The second-order valence-electron chi connectivity index (χ2n) is 12.3. The van der Waals surface area contributed by atoms with Crippen LogP contribution in [0.15, 0.2) is 118 Å². The van der Waals surface area contributed by atoms with Crippen LogP contribution in [0.4, 0.5) is 22.7 Å². The number of benzene rings is 4. The largest absolute Gasteiger partial charge is 0.505 e. The molecule has 0 saturated carbocycles. The molecule has 0 bridgehead atoms. The van der Waals surface area contributed by atoms with Gasteiger partial charge in [-0.05, 0) is 86.0 Å². The van der Waals surface area contributed by atoms with E-state index in [1.165, 1.54) is 12.1 Å². The topological polar surface area (TPSA) is 155 Å². The number of hydrogen-bond acceptors (Lipinski definition) is 8. The van der Waals surface area contributed by atoms with E-state index in [-0.39, 0.29) is 28.5 Å². The van der Waals surface area contributed by atoms with Crippen molar-refractivity contribution in [1.29, 1.82) is 0 Å². The second-order valence-corrected chi connectivity index (χ2v) is 13.2. The molecule has 7 rings (SSSR count). The van der Waals surface area contributed by atoms with E-state index < -0.39 is 22.6 Å². The minimum Gasteiger partial charge on any atom is -0.505 e. The van der Waals surface area contributed by atoms with Gasteiger partial charge in [0.2, 0.25) is 5.91 Å². The van der Waals surface area contributed by atoms with Crippen molar-refractivity contribution in [3.8, 4) is 11.5 Å². The van der Waals surface area contributed by atoms with Gasteiger partial charge in [-0.1, -0.05) is 48.5 Å². The molecule has 0 saturated heterocycles. The number of amides is 2. The van der Waals surface area contributed by atoms with Gasteiger partial charge in [0.25, 0.3) is 5.91 Å². The molecule has 0 fully saturated rings. The van der Waals surface area contributed by atoms with Crippen LogP contribution in [0, 0.1) is 13.8 Å². The van der Waals surface area contributed by atoms with Gasteiger partial charge in [0.05, 0.1) is 34.7 Å². The van der Waals surface area contributed by atoms with Gasteiger partial charge in [-0.3, -0.25) is 19.3 Å². The van der Waals surface area contributed by atoms with Crippen LogP contribution < -0.4 is 19.5 Å². The smallest absolute Gasteiger partial charge is 0.316 e. The summed E-state index contributed by atoms with van der Waals surface area (Å²) >= 11 is -1.95. The van der Waals surface area contributed by atoms with Crippen molar-refractivity contribution in [3.63, 3.8) is 0 Å². The maximum absolute atomic E-state index is 13.8. The summed E-state index contributed by atoms with van der Waals surface area (Å²) in [6.45, 7) is 5.49. The van der Waals surface area contributed by atoms with Gasteiger partial charge in [-0.25, -0.2) is 4.99 Å². The molecular weight excluding hydrogens is 667 g/mol. The number of fused-ring (bicyclic) bond motifs is 2. The summed E-state index contributed by atoms with van der Waals surface area (Å²) in [7, 11) is 1.69. The lowest BCUT2D eigenvalue weighted by Crippen LogP contribution is -2.32. The standard InChI is InChI=1S/C39H33N5O6S/c1-22-13-14-23(2)32(19-22)50-51(48)44-26-12-8-9-24(20-26)37(46)42-31-21-30(41-29-16-15-28(40-4)27-17-18-49-36(27)29)34-33(35(31)45)39(3,38(47)43-34)25-10-6-5-7-11-25/h5-21,44-45H,1-4H3,(H,42,46)(H,43,47). The number of anilines is 3. The Hall–Kier alpha value is -6.27. The Morgan fingerprint density at radius 3 is 2.55 bits per heavy atom. The molecule has 1 aliphatic carbocycles. The molecule has 51 heavy (non-hydrogen) atoms. The highest BCUT2D eigenvalue weighted by Crippen LogP contribution is 2.54. The number of nitrogens with zero attached hydrogens (tertiary/aromatic N) is 2. The number of aromatic hydroxyl groups is 1. The highest BCUT2D eigenvalue weighted by molar-refractivity contribution is 7.82. The van der Waals surface area contributed by atoms with Crippen molar-refractivity contribution in [2.24, 2.45) is 9.98 Å². The molecule has 1 aliphatic heterocycles. The highest BCUT2D eigenvalue weighted by atomic mass is 32.2. The predicted molar refractivity (Wildman–Crippen MR) is 199 cm³/mol. The number of nitrogens with one attached hydrogen (secondary N) is 3. The van der Waals surface area contributed by atoms with Crippen molar-refractivity contribution in [2.75, 3.05) is 22.4 Å². The first-order valence-corrected chi connectivity index (χ1v) is 17.1. The predicted octanol–water partition coefficient (Wildman–Crippen LogP) is 7.29. The van der Waals surface area contributed by atoms with Crippen molar-refractivity contribution in [2.45, 2.75) is 26.2 Å². The second kappa shape index (κ2) is 13.2. The van der Waals surface area contributed by atoms with Crippen molar-refractivity contribution >= 4 is 57.3 Å². The molecular formula is C39H33N5O6S. The van der Waals surface area contributed by atoms with E-state index in [1.54, 1.807) is 56.6 Å². The van der Waals surface area contributed by atoms with Crippen LogP contribution in [-0.2, 0) is 21.5 Å². The number of phenolic OH excluding ortho intramolecular Hbond substituents is 1. The van der Waals surface area contributed by atoms with E-state index in [2.05, 4.69) is 20.3 Å². The molecule has 12 heteroatoms. The zero-order chi connectivity index (χ0) is 35.9. The van der Waals surface area contributed by atoms with Crippen LogP contribution in [0.5, 0.6) is 11.5 Å². The van der Waals surface area contributed by atoms with E-state index in [1.807, 2.05) is 62.4 Å². The fraction of sp³-hybridized carbons (Fsp3) is 0.128. The average molecular weight is 700 g/mol. The first-order chi connectivity index (χ1) is 24.6. The van der Waals surface area contributed by atoms with E-state index in [9.17, 15) is 18.9 Å². The van der Waals surface area contributed by atoms with Crippen LogP contribution in [0.1, 0.15) is 50.9 Å². The monoisotopic (exact) mass is 699 g/mol. The van der Waals surface area contributed by atoms with E-state index >= 15 is 0 Å². The summed E-state index contributed by atoms with van der Waals surface area (Å²) in [5, 5.41) is 17.6. The fourth-order valence-corrected chi connectivity index (χ4v) is 6.92. The number of rotatable bonds is 8. The number of carbonyl (C=O) groups excluding carboxylic acids is 2. The van der Waals surface area contributed by atoms with Crippen molar-refractivity contribution in [1.82, 2.24) is 0 Å². The Kier molecular flexibility index (Phi) is 8.61. The van der Waals surface area contributed by atoms with Gasteiger partial charge in [-0.2, -0.15) is 4.21 Å². The van der Waals surface area contributed by atoms with Crippen molar-refractivity contribution < 1.29 is 27.5 Å². The Morgan fingerprint density at radius 1 is 0.980 bits per heavy atom. The summed E-state index contributed by atoms with van der Waals surface area (Å²) in [6.07, 6.45) is 5.12. The molecule has 2 heterocycles. The molecule has 5 aromatic rings. The quantitative estimate of drug-likeness (QED) is 0.125. The Bertz CT molecular complexity index is 2350. The lowest BCUT2D eigenvalue weighted by atomic mass is 9.76. The van der Waals surface area contributed by atoms with Crippen LogP contribution in [0.3, 0.4) is 0 Å². The molecule has 2 unspecified atom stereocenters. The average Bonchev–Trinajstić information content (AvgIpc) is 3.73. The van der Waals surface area contributed by atoms with Crippen LogP contribution >= 0.6 is 0 Å². The molecule has 2 atom stereocenters. The van der Waals surface area contributed by atoms with Crippen LogP contribution in [0.25, 0.3) is 0 Å². The van der Waals surface area contributed by atoms with Gasteiger partial charge in [-0.15, -0.1) is 0 Å². The molecule has 4 aromatic carbocycles. The number of carbonyl (C=O) groups is 2. The van der Waals surface area contributed by atoms with E-state index in [0.29, 0.717) is 39.8 Å². The summed E-state index contributed by atoms with van der Waals surface area (Å²) in [5.74, 6) is -0.256. The third-order valence-corrected chi connectivity index (χ3v) is 9.69. The maximum atomic E-state index is 13.8. The molecule has 2 aliphatic rings. The first kappa shape index (κ1) is 33.2. The SMILES string of the molecule is CN=C1C=CC(=Nc2cc(NC(=O)c3cccc(NS(=O)Oc4cc(C)ccc4C)c3)c(O)c3c2NC(=O)C3(C)c2ccccc2)c2occc21. The summed E-state index contributed by atoms with van der Waals surface area (Å²) in [6, 6.07) is 24.4. The Labute approximate surface area is 296 Å². The molecule has 1 aromatic heterocycles. The molecule has 0 radical (unpaired) electrons. The molecule has 2 amide bonds. The Morgan fingerprint density at radius 2 is 1.76 bits per heavy atom. The van der Waals surface area contributed by atoms with Gasteiger partial charge in [0.15, 0.2) is 5.76 Å². The summed E-state index contributed by atoms with van der Waals surface area (Å²) < 4.78 is 27.0. The van der Waals surface area contributed by atoms with Crippen LogP contribution in [0.2, 0.25) is 0 Å². The number of allylic oxidation sites excluding steroid dienone is 2. The normalized spacial score (nSPS) is 18.2. The molecule has 0 spiro atoms. The van der Waals surface area contributed by atoms with Crippen molar-refractivity contribution in [3.05, 3.63) is 142 Å². The minimum atomic E-state index is -1.95.